The Balaban J connectivity index is 2.96. The lowest BCUT2D eigenvalue weighted by Crippen LogP contribution is -2.44. The molecule has 0 fully saturated rings. The Labute approximate surface area is 110 Å². The maximum absolute atomic E-state index is 4.81. The first-order chi connectivity index (χ1) is 7.91. The third-order valence-corrected chi connectivity index (χ3v) is 4.55. The molecule has 0 bridgehead atoms. The van der Waals surface area contributed by atoms with Gasteiger partial charge < -0.3 is 5.32 Å². The number of rotatable bonds is 6. The highest BCUT2D eigenvalue weighted by molar-refractivity contribution is 7.09. The summed E-state index contributed by atoms with van der Waals surface area (Å²) in [6, 6.07) is 0. The third-order valence-electron chi connectivity index (χ3n) is 3.45. The summed E-state index contributed by atoms with van der Waals surface area (Å²) in [6.45, 7) is 14.4. The second kappa shape index (κ2) is 5.96. The summed E-state index contributed by atoms with van der Waals surface area (Å²) in [7, 11) is 0. The van der Waals surface area contributed by atoms with Crippen LogP contribution in [0.5, 0.6) is 0 Å². The van der Waals surface area contributed by atoms with Gasteiger partial charge in [0.1, 0.15) is 5.01 Å². The van der Waals surface area contributed by atoms with E-state index >= 15 is 0 Å². The fourth-order valence-electron chi connectivity index (χ4n) is 1.70. The molecule has 1 atom stereocenters. The molecule has 2 nitrogen and oxygen atoms in total. The van der Waals surface area contributed by atoms with Crippen LogP contribution in [0.15, 0.2) is 5.38 Å². The highest BCUT2D eigenvalue weighted by Gasteiger charge is 2.32. The van der Waals surface area contributed by atoms with Gasteiger partial charge in [0.2, 0.25) is 0 Å². The molecular formula is C14H26N2S. The van der Waals surface area contributed by atoms with Gasteiger partial charge in [0.05, 0.1) is 11.2 Å². The SMILES string of the molecule is CCCNC(C)(c1nc(C(C)C)cs1)C(C)C. The molecule has 0 spiro atoms. The number of aromatic nitrogens is 1. The highest BCUT2D eigenvalue weighted by Crippen LogP contribution is 2.32. The number of nitrogens with one attached hydrogen (secondary N) is 1. The normalized spacial score (nSPS) is 15.5. The van der Waals surface area contributed by atoms with Crippen LogP contribution in [0.4, 0.5) is 0 Å². The minimum absolute atomic E-state index is 0.00775. The van der Waals surface area contributed by atoms with Crippen LogP contribution < -0.4 is 5.32 Å². The molecule has 0 aromatic carbocycles. The molecule has 1 rings (SSSR count). The van der Waals surface area contributed by atoms with Crippen molar-refractivity contribution in [3.05, 3.63) is 16.1 Å². The maximum Gasteiger partial charge on any atom is 0.113 e. The van der Waals surface area contributed by atoms with Crippen LogP contribution in [0.3, 0.4) is 0 Å². The molecule has 1 N–H and O–H groups in total. The molecule has 0 saturated heterocycles. The molecule has 0 radical (unpaired) electrons. The van der Waals surface area contributed by atoms with Crippen LogP contribution in [0.2, 0.25) is 0 Å². The second-order valence-corrected chi connectivity index (χ2v) is 6.37. The van der Waals surface area contributed by atoms with Crippen LogP contribution in [0.1, 0.15) is 64.6 Å². The quantitative estimate of drug-likeness (QED) is 0.825. The van der Waals surface area contributed by atoms with Crippen LogP contribution in [0.25, 0.3) is 0 Å². The summed E-state index contributed by atoms with van der Waals surface area (Å²) in [5, 5.41) is 7.09. The molecule has 98 valence electrons. The zero-order chi connectivity index (χ0) is 13.1. The molecule has 3 heteroatoms. The first kappa shape index (κ1) is 14.7. The summed E-state index contributed by atoms with van der Waals surface area (Å²) in [6.07, 6.45) is 1.16. The van der Waals surface area contributed by atoms with E-state index in [9.17, 15) is 0 Å². The molecule has 17 heavy (non-hydrogen) atoms. The van der Waals surface area contributed by atoms with Crippen molar-refractivity contribution in [1.29, 1.82) is 0 Å². The summed E-state index contributed by atoms with van der Waals surface area (Å²) in [5.74, 6) is 1.06. The molecule has 1 aromatic heterocycles. The molecule has 0 aliphatic heterocycles. The van der Waals surface area contributed by atoms with Crippen molar-refractivity contribution in [3.8, 4) is 0 Å². The van der Waals surface area contributed by atoms with E-state index in [1.54, 1.807) is 11.3 Å². The monoisotopic (exact) mass is 254 g/mol. The molecule has 1 unspecified atom stereocenters. The predicted octanol–water partition coefficient (Wildman–Crippen LogP) is 4.14. The van der Waals surface area contributed by atoms with Gasteiger partial charge in [-0.15, -0.1) is 11.3 Å². The van der Waals surface area contributed by atoms with E-state index in [-0.39, 0.29) is 5.54 Å². The molecule has 0 saturated carbocycles. The Hall–Kier alpha value is -0.410. The largest absolute Gasteiger partial charge is 0.305 e. The van der Waals surface area contributed by atoms with Crippen molar-refractivity contribution in [3.63, 3.8) is 0 Å². The van der Waals surface area contributed by atoms with E-state index in [1.165, 1.54) is 10.7 Å². The van der Waals surface area contributed by atoms with E-state index in [1.807, 2.05) is 0 Å². The van der Waals surface area contributed by atoms with Gasteiger partial charge in [0.25, 0.3) is 0 Å². The van der Waals surface area contributed by atoms with Crippen LogP contribution in [-0.4, -0.2) is 11.5 Å². The fourth-order valence-corrected chi connectivity index (χ4v) is 2.97. The molecule has 0 amide bonds. The van der Waals surface area contributed by atoms with Crippen LogP contribution >= 0.6 is 11.3 Å². The van der Waals surface area contributed by atoms with Gasteiger partial charge in [-0.2, -0.15) is 0 Å². The molecule has 0 aliphatic carbocycles. The van der Waals surface area contributed by atoms with E-state index in [4.69, 9.17) is 4.98 Å². The lowest BCUT2D eigenvalue weighted by molar-refractivity contribution is 0.265. The average Bonchev–Trinajstić information content (AvgIpc) is 2.75. The minimum atomic E-state index is 0.00775. The van der Waals surface area contributed by atoms with Crippen molar-refractivity contribution in [1.82, 2.24) is 10.3 Å². The standard InChI is InChI=1S/C14H26N2S/c1-7-8-15-14(6,11(4)5)13-16-12(9-17-13)10(2)3/h9-11,15H,7-8H2,1-6H3. The molecule has 1 heterocycles. The number of hydrogen-bond donors (Lipinski definition) is 1. The average molecular weight is 254 g/mol. The van der Waals surface area contributed by atoms with E-state index in [0.29, 0.717) is 11.8 Å². The van der Waals surface area contributed by atoms with E-state index < -0.39 is 0 Å². The van der Waals surface area contributed by atoms with Crippen molar-refractivity contribution in [2.45, 2.75) is 59.4 Å². The highest BCUT2D eigenvalue weighted by atomic mass is 32.1. The summed E-state index contributed by atoms with van der Waals surface area (Å²) in [5.41, 5.74) is 1.23. The Morgan fingerprint density at radius 1 is 1.35 bits per heavy atom. The summed E-state index contributed by atoms with van der Waals surface area (Å²) < 4.78 is 0. The third kappa shape index (κ3) is 3.29. The lowest BCUT2D eigenvalue weighted by atomic mass is 9.89. The van der Waals surface area contributed by atoms with Gasteiger partial charge in [0.15, 0.2) is 0 Å². The van der Waals surface area contributed by atoms with Gasteiger partial charge in [0, 0.05) is 5.38 Å². The van der Waals surface area contributed by atoms with Gasteiger partial charge in [-0.25, -0.2) is 4.98 Å². The van der Waals surface area contributed by atoms with E-state index in [2.05, 4.69) is 52.2 Å². The van der Waals surface area contributed by atoms with Crippen LogP contribution in [0, 0.1) is 5.92 Å². The fraction of sp³-hybridized carbons (Fsp3) is 0.786. The zero-order valence-corrected chi connectivity index (χ0v) is 12.8. The van der Waals surface area contributed by atoms with Crippen molar-refractivity contribution < 1.29 is 0 Å². The number of thiazole rings is 1. The van der Waals surface area contributed by atoms with Gasteiger partial charge in [-0.3, -0.25) is 0 Å². The zero-order valence-electron chi connectivity index (χ0n) is 12.0. The molecule has 0 aliphatic rings. The van der Waals surface area contributed by atoms with Gasteiger partial charge in [-0.1, -0.05) is 34.6 Å². The minimum Gasteiger partial charge on any atom is -0.305 e. The first-order valence-corrected chi connectivity index (χ1v) is 7.50. The Bertz CT molecular complexity index is 344. The van der Waals surface area contributed by atoms with Crippen molar-refractivity contribution in [2.75, 3.05) is 6.54 Å². The predicted molar refractivity (Wildman–Crippen MR) is 76.7 cm³/mol. The van der Waals surface area contributed by atoms with Crippen molar-refractivity contribution in [2.24, 2.45) is 5.92 Å². The lowest BCUT2D eigenvalue weighted by Gasteiger charge is -2.33. The van der Waals surface area contributed by atoms with Gasteiger partial charge in [-0.05, 0) is 31.7 Å². The van der Waals surface area contributed by atoms with Crippen LogP contribution in [-0.2, 0) is 5.54 Å². The van der Waals surface area contributed by atoms with E-state index in [0.717, 1.165) is 13.0 Å². The summed E-state index contributed by atoms with van der Waals surface area (Å²) >= 11 is 1.79. The smallest absolute Gasteiger partial charge is 0.113 e. The Morgan fingerprint density at radius 3 is 2.41 bits per heavy atom. The number of nitrogens with zero attached hydrogens (tertiary/aromatic N) is 1. The maximum atomic E-state index is 4.81. The van der Waals surface area contributed by atoms with Gasteiger partial charge >= 0.3 is 0 Å². The summed E-state index contributed by atoms with van der Waals surface area (Å²) in [4.78, 5) is 4.81. The molecule has 1 aromatic rings. The Morgan fingerprint density at radius 2 is 2.00 bits per heavy atom. The second-order valence-electron chi connectivity index (χ2n) is 5.52. The Kier molecular flexibility index (Phi) is 5.14. The van der Waals surface area contributed by atoms with Crippen molar-refractivity contribution >= 4 is 11.3 Å². The first-order valence-electron chi connectivity index (χ1n) is 6.62. The topological polar surface area (TPSA) is 24.9 Å². The molecular weight excluding hydrogens is 228 g/mol. The number of hydrogen-bond acceptors (Lipinski definition) is 3.